The molecule has 23 heavy (non-hydrogen) atoms. The first kappa shape index (κ1) is 16.6. The lowest BCUT2D eigenvalue weighted by atomic mass is 10.1. The van der Waals surface area contributed by atoms with Crippen molar-refractivity contribution in [1.82, 2.24) is 5.32 Å². The van der Waals surface area contributed by atoms with Crippen molar-refractivity contribution in [3.63, 3.8) is 0 Å². The highest BCUT2D eigenvalue weighted by atomic mass is 16.5. The number of hydrogen-bond donors (Lipinski definition) is 1. The molecule has 0 aliphatic rings. The molecule has 6 heteroatoms. The summed E-state index contributed by atoms with van der Waals surface area (Å²) >= 11 is 0. The molecule has 1 aromatic heterocycles. The molecule has 2 aromatic rings. The van der Waals surface area contributed by atoms with Crippen molar-refractivity contribution < 1.29 is 23.5 Å². The van der Waals surface area contributed by atoms with E-state index in [9.17, 15) is 9.59 Å². The molecule has 0 atom stereocenters. The molecule has 1 aromatic carbocycles. The zero-order valence-electron chi connectivity index (χ0n) is 13.3. The minimum absolute atomic E-state index is 0.105. The number of nitrogens with one attached hydrogen (secondary N) is 1. The standard InChI is InChI=1S/C17H19NO5/c1-17(2,16(20)21-3)18-15(19)14-10-9-13(23-14)11-22-12-7-5-4-6-8-12/h4-10H,11H2,1-3H3,(H,18,19). The van der Waals surface area contributed by atoms with Crippen LogP contribution < -0.4 is 10.1 Å². The Labute approximate surface area is 134 Å². The fraction of sp³-hybridized carbons (Fsp3) is 0.294. The third-order valence-electron chi connectivity index (χ3n) is 3.13. The molecule has 122 valence electrons. The zero-order valence-corrected chi connectivity index (χ0v) is 13.3. The normalized spacial score (nSPS) is 10.9. The van der Waals surface area contributed by atoms with Crippen molar-refractivity contribution >= 4 is 11.9 Å². The molecule has 0 fully saturated rings. The molecule has 0 saturated heterocycles. The van der Waals surface area contributed by atoms with Crippen molar-refractivity contribution in [3.8, 4) is 5.75 Å². The Bertz CT molecular complexity index is 675. The third-order valence-corrected chi connectivity index (χ3v) is 3.13. The highest BCUT2D eigenvalue weighted by molar-refractivity contribution is 5.95. The van der Waals surface area contributed by atoms with Gasteiger partial charge in [-0.15, -0.1) is 0 Å². The van der Waals surface area contributed by atoms with Gasteiger partial charge in [0.2, 0.25) is 0 Å². The molecule has 1 N–H and O–H groups in total. The minimum atomic E-state index is -1.14. The van der Waals surface area contributed by atoms with E-state index in [1.165, 1.54) is 13.2 Å². The number of para-hydroxylation sites is 1. The molecular formula is C17H19NO5. The highest BCUT2D eigenvalue weighted by Gasteiger charge is 2.31. The Kier molecular flexibility index (Phi) is 5.05. The summed E-state index contributed by atoms with van der Waals surface area (Å²) in [6, 6.07) is 12.5. The van der Waals surface area contributed by atoms with Crippen LogP contribution in [0.15, 0.2) is 46.9 Å². The fourth-order valence-electron chi connectivity index (χ4n) is 1.90. The molecule has 0 unspecified atom stereocenters. The summed E-state index contributed by atoms with van der Waals surface area (Å²) in [6.45, 7) is 3.32. The van der Waals surface area contributed by atoms with Crippen molar-refractivity contribution in [3.05, 3.63) is 54.0 Å². The van der Waals surface area contributed by atoms with Crippen LogP contribution in [0, 0.1) is 0 Å². The summed E-state index contributed by atoms with van der Waals surface area (Å²) in [6.07, 6.45) is 0. The van der Waals surface area contributed by atoms with Crippen molar-refractivity contribution in [2.75, 3.05) is 7.11 Å². The Morgan fingerprint density at radius 2 is 1.83 bits per heavy atom. The van der Waals surface area contributed by atoms with E-state index >= 15 is 0 Å². The van der Waals surface area contributed by atoms with Crippen LogP contribution in [0.1, 0.15) is 30.2 Å². The summed E-state index contributed by atoms with van der Waals surface area (Å²) in [5.74, 6) is 0.293. The van der Waals surface area contributed by atoms with E-state index in [0.717, 1.165) is 0 Å². The molecule has 1 heterocycles. The molecule has 0 radical (unpaired) electrons. The lowest BCUT2D eigenvalue weighted by molar-refractivity contribution is -0.146. The van der Waals surface area contributed by atoms with Crippen LogP contribution >= 0.6 is 0 Å². The quantitative estimate of drug-likeness (QED) is 0.828. The Hall–Kier alpha value is -2.76. The van der Waals surface area contributed by atoms with Crippen molar-refractivity contribution in [2.24, 2.45) is 0 Å². The van der Waals surface area contributed by atoms with Crippen LogP contribution in [0.3, 0.4) is 0 Å². The van der Waals surface area contributed by atoms with E-state index in [4.69, 9.17) is 9.15 Å². The summed E-state index contributed by atoms with van der Waals surface area (Å²) in [4.78, 5) is 23.7. The number of esters is 1. The maximum atomic E-state index is 12.1. The van der Waals surface area contributed by atoms with E-state index in [1.807, 2.05) is 30.3 Å². The number of benzene rings is 1. The molecule has 0 aliphatic heterocycles. The van der Waals surface area contributed by atoms with Gasteiger partial charge in [0.05, 0.1) is 7.11 Å². The molecule has 1 amide bonds. The third kappa shape index (κ3) is 4.35. The Morgan fingerprint density at radius 3 is 2.48 bits per heavy atom. The van der Waals surface area contributed by atoms with Gasteiger partial charge in [-0.25, -0.2) is 4.79 Å². The number of amides is 1. The van der Waals surface area contributed by atoms with E-state index in [-0.39, 0.29) is 12.4 Å². The smallest absolute Gasteiger partial charge is 0.330 e. The summed E-state index contributed by atoms with van der Waals surface area (Å²) in [7, 11) is 1.27. The minimum Gasteiger partial charge on any atom is -0.486 e. The van der Waals surface area contributed by atoms with Crippen LogP contribution in [0.4, 0.5) is 0 Å². The molecule has 0 saturated carbocycles. The predicted molar refractivity (Wildman–Crippen MR) is 83.0 cm³/mol. The van der Waals surface area contributed by atoms with Gasteiger partial charge in [-0.05, 0) is 38.1 Å². The first-order chi connectivity index (χ1) is 10.9. The SMILES string of the molecule is COC(=O)C(C)(C)NC(=O)c1ccc(COc2ccccc2)o1. The fourth-order valence-corrected chi connectivity index (χ4v) is 1.90. The molecule has 2 rings (SSSR count). The van der Waals surface area contributed by atoms with Crippen LogP contribution in [0.2, 0.25) is 0 Å². The zero-order chi connectivity index (χ0) is 16.9. The second-order valence-electron chi connectivity index (χ2n) is 5.44. The van der Waals surface area contributed by atoms with Gasteiger partial charge in [0.25, 0.3) is 5.91 Å². The van der Waals surface area contributed by atoms with Gasteiger partial charge in [-0.3, -0.25) is 4.79 Å². The average molecular weight is 317 g/mol. The number of hydrogen-bond acceptors (Lipinski definition) is 5. The second-order valence-corrected chi connectivity index (χ2v) is 5.44. The van der Waals surface area contributed by atoms with Crippen LogP contribution in [-0.4, -0.2) is 24.5 Å². The average Bonchev–Trinajstić information content (AvgIpc) is 3.02. The van der Waals surface area contributed by atoms with Gasteiger partial charge in [0, 0.05) is 0 Å². The van der Waals surface area contributed by atoms with Gasteiger partial charge < -0.3 is 19.2 Å². The maximum Gasteiger partial charge on any atom is 0.330 e. The topological polar surface area (TPSA) is 77.8 Å². The highest BCUT2D eigenvalue weighted by Crippen LogP contribution is 2.15. The number of methoxy groups -OCH3 is 1. The molecule has 0 bridgehead atoms. The molecule has 0 aliphatic carbocycles. The number of carbonyl (C=O) groups excluding carboxylic acids is 2. The first-order valence-electron chi connectivity index (χ1n) is 7.10. The van der Waals surface area contributed by atoms with Gasteiger partial charge >= 0.3 is 5.97 Å². The van der Waals surface area contributed by atoms with Crippen LogP contribution in [0.25, 0.3) is 0 Å². The predicted octanol–water partition coefficient (Wildman–Crippen LogP) is 2.54. The van der Waals surface area contributed by atoms with Gasteiger partial charge in [0.1, 0.15) is 23.7 Å². The van der Waals surface area contributed by atoms with E-state index in [2.05, 4.69) is 10.1 Å². The lowest BCUT2D eigenvalue weighted by Gasteiger charge is -2.22. The number of rotatable bonds is 6. The van der Waals surface area contributed by atoms with Crippen molar-refractivity contribution in [1.29, 1.82) is 0 Å². The van der Waals surface area contributed by atoms with E-state index in [0.29, 0.717) is 11.5 Å². The van der Waals surface area contributed by atoms with Gasteiger partial charge in [-0.1, -0.05) is 18.2 Å². The molecule has 6 nitrogen and oxygen atoms in total. The summed E-state index contributed by atoms with van der Waals surface area (Å²) < 4.78 is 15.6. The summed E-state index contributed by atoms with van der Waals surface area (Å²) in [5, 5.41) is 2.56. The van der Waals surface area contributed by atoms with E-state index in [1.54, 1.807) is 19.9 Å². The number of furan rings is 1. The lowest BCUT2D eigenvalue weighted by Crippen LogP contribution is -2.50. The van der Waals surface area contributed by atoms with Crippen molar-refractivity contribution in [2.45, 2.75) is 26.0 Å². The number of carbonyl (C=O) groups is 2. The molecular weight excluding hydrogens is 298 g/mol. The number of ether oxygens (including phenoxy) is 2. The monoisotopic (exact) mass is 317 g/mol. The van der Waals surface area contributed by atoms with E-state index < -0.39 is 17.4 Å². The second kappa shape index (κ2) is 7.00. The van der Waals surface area contributed by atoms with Gasteiger partial charge in [-0.2, -0.15) is 0 Å². The largest absolute Gasteiger partial charge is 0.486 e. The Balaban J connectivity index is 1.96. The molecule has 0 spiro atoms. The van der Waals surface area contributed by atoms with Crippen LogP contribution in [0.5, 0.6) is 5.75 Å². The maximum absolute atomic E-state index is 12.1. The first-order valence-corrected chi connectivity index (χ1v) is 7.10. The van der Waals surface area contributed by atoms with Crippen LogP contribution in [-0.2, 0) is 16.1 Å². The Morgan fingerprint density at radius 1 is 1.13 bits per heavy atom. The van der Waals surface area contributed by atoms with Gasteiger partial charge in [0.15, 0.2) is 5.76 Å². The summed E-state index contributed by atoms with van der Waals surface area (Å²) in [5.41, 5.74) is -1.14.